The standard InChI is InChI=1S/C21H25N3O2/c1-15(2)14-22-21(26)23-19(17-9-4-3-5-10-17)20(25)24-13-12-16-8-6-7-11-18(16)24/h3-11,15,19H,12-14H2,1-2H3,(H2,22,23,26)/t19-/m1/s1. The van der Waals surface area contributed by atoms with Crippen molar-refractivity contribution in [3.63, 3.8) is 0 Å². The lowest BCUT2D eigenvalue weighted by Gasteiger charge is -2.25. The van der Waals surface area contributed by atoms with Gasteiger partial charge in [-0.1, -0.05) is 62.4 Å². The number of fused-ring (bicyclic) bond motifs is 1. The summed E-state index contributed by atoms with van der Waals surface area (Å²) < 4.78 is 0. The van der Waals surface area contributed by atoms with Crippen LogP contribution in [0, 0.1) is 5.92 Å². The number of anilines is 1. The van der Waals surface area contributed by atoms with Gasteiger partial charge < -0.3 is 15.5 Å². The SMILES string of the molecule is CC(C)CNC(=O)N[C@@H](C(=O)N1CCc2ccccc21)c1ccccc1. The molecule has 0 spiro atoms. The van der Waals surface area contributed by atoms with E-state index in [1.807, 2.05) is 68.4 Å². The Labute approximate surface area is 154 Å². The van der Waals surface area contributed by atoms with Crippen LogP contribution in [-0.4, -0.2) is 25.0 Å². The van der Waals surface area contributed by atoms with E-state index < -0.39 is 6.04 Å². The van der Waals surface area contributed by atoms with Gasteiger partial charge in [-0.3, -0.25) is 4.79 Å². The molecule has 1 aliphatic rings. The van der Waals surface area contributed by atoms with Crippen LogP contribution in [0.4, 0.5) is 10.5 Å². The number of carbonyl (C=O) groups is 2. The normalized spacial score (nSPS) is 14.0. The number of nitrogens with one attached hydrogen (secondary N) is 2. The zero-order valence-electron chi connectivity index (χ0n) is 15.2. The largest absolute Gasteiger partial charge is 0.338 e. The maximum Gasteiger partial charge on any atom is 0.315 e. The minimum atomic E-state index is -0.713. The molecule has 0 radical (unpaired) electrons. The van der Waals surface area contributed by atoms with Crippen molar-refractivity contribution in [2.24, 2.45) is 5.92 Å². The van der Waals surface area contributed by atoms with Gasteiger partial charge in [0.1, 0.15) is 6.04 Å². The van der Waals surface area contributed by atoms with E-state index in [1.54, 1.807) is 4.90 Å². The Morgan fingerprint density at radius 2 is 1.73 bits per heavy atom. The lowest BCUT2D eigenvalue weighted by Crippen LogP contribution is -2.46. The number of urea groups is 1. The molecule has 1 heterocycles. The monoisotopic (exact) mass is 351 g/mol. The smallest absolute Gasteiger partial charge is 0.315 e. The average Bonchev–Trinajstić information content (AvgIpc) is 3.09. The third-order valence-corrected chi connectivity index (χ3v) is 4.48. The van der Waals surface area contributed by atoms with Gasteiger partial charge in [0.25, 0.3) is 5.91 Å². The molecule has 136 valence electrons. The number of para-hydroxylation sites is 1. The van der Waals surface area contributed by atoms with Crippen LogP contribution in [0.1, 0.15) is 31.0 Å². The second kappa shape index (κ2) is 8.04. The summed E-state index contributed by atoms with van der Waals surface area (Å²) in [4.78, 5) is 27.3. The lowest BCUT2D eigenvalue weighted by molar-refractivity contribution is -0.120. The zero-order chi connectivity index (χ0) is 18.5. The van der Waals surface area contributed by atoms with Gasteiger partial charge in [-0.15, -0.1) is 0 Å². The average molecular weight is 351 g/mol. The quantitative estimate of drug-likeness (QED) is 0.868. The minimum absolute atomic E-state index is 0.110. The Balaban J connectivity index is 1.82. The second-order valence-electron chi connectivity index (χ2n) is 6.96. The van der Waals surface area contributed by atoms with E-state index in [1.165, 1.54) is 0 Å². The molecule has 0 saturated heterocycles. The number of benzene rings is 2. The molecular formula is C21H25N3O2. The van der Waals surface area contributed by atoms with Crippen LogP contribution in [0.2, 0.25) is 0 Å². The van der Waals surface area contributed by atoms with Crippen LogP contribution >= 0.6 is 0 Å². The molecule has 0 aliphatic carbocycles. The van der Waals surface area contributed by atoms with Crippen LogP contribution < -0.4 is 15.5 Å². The van der Waals surface area contributed by atoms with E-state index in [2.05, 4.69) is 10.6 Å². The molecule has 26 heavy (non-hydrogen) atoms. The van der Waals surface area contributed by atoms with Crippen molar-refractivity contribution in [1.29, 1.82) is 0 Å². The molecule has 0 fully saturated rings. The van der Waals surface area contributed by atoms with Gasteiger partial charge in [0.2, 0.25) is 0 Å². The van der Waals surface area contributed by atoms with Crippen molar-refractivity contribution >= 4 is 17.6 Å². The molecule has 2 N–H and O–H groups in total. The number of rotatable bonds is 5. The van der Waals surface area contributed by atoms with Gasteiger partial charge in [0.05, 0.1) is 0 Å². The maximum absolute atomic E-state index is 13.3. The Hall–Kier alpha value is -2.82. The van der Waals surface area contributed by atoms with E-state index in [0.717, 1.165) is 23.2 Å². The molecule has 5 nitrogen and oxygen atoms in total. The van der Waals surface area contributed by atoms with Gasteiger partial charge in [-0.05, 0) is 29.5 Å². The predicted molar refractivity (Wildman–Crippen MR) is 103 cm³/mol. The number of amides is 3. The van der Waals surface area contributed by atoms with E-state index in [4.69, 9.17) is 0 Å². The molecule has 0 saturated carbocycles. The van der Waals surface area contributed by atoms with E-state index in [-0.39, 0.29) is 11.9 Å². The van der Waals surface area contributed by atoms with Crippen molar-refractivity contribution < 1.29 is 9.59 Å². The van der Waals surface area contributed by atoms with Crippen LogP contribution in [0.25, 0.3) is 0 Å². The Kier molecular flexibility index (Phi) is 5.56. The third-order valence-electron chi connectivity index (χ3n) is 4.48. The van der Waals surface area contributed by atoms with Crippen molar-refractivity contribution in [2.75, 3.05) is 18.0 Å². The molecule has 0 aromatic heterocycles. The molecule has 2 aromatic rings. The Bertz CT molecular complexity index is 774. The molecule has 0 bridgehead atoms. The van der Waals surface area contributed by atoms with Crippen molar-refractivity contribution in [2.45, 2.75) is 26.3 Å². The molecule has 1 aliphatic heterocycles. The maximum atomic E-state index is 13.3. The molecular weight excluding hydrogens is 326 g/mol. The molecule has 0 unspecified atom stereocenters. The first-order valence-electron chi connectivity index (χ1n) is 9.05. The van der Waals surface area contributed by atoms with Crippen LogP contribution in [0.3, 0.4) is 0 Å². The van der Waals surface area contributed by atoms with E-state index >= 15 is 0 Å². The number of hydrogen-bond donors (Lipinski definition) is 2. The zero-order valence-corrected chi connectivity index (χ0v) is 15.2. The molecule has 3 rings (SSSR count). The summed E-state index contributed by atoms with van der Waals surface area (Å²) >= 11 is 0. The highest BCUT2D eigenvalue weighted by molar-refractivity contribution is 6.01. The summed E-state index contributed by atoms with van der Waals surface area (Å²) in [5.74, 6) is 0.234. The summed E-state index contributed by atoms with van der Waals surface area (Å²) in [6.07, 6.45) is 0.836. The summed E-state index contributed by atoms with van der Waals surface area (Å²) in [6.45, 7) is 5.26. The molecule has 5 heteroatoms. The molecule has 1 atom stereocenters. The lowest BCUT2D eigenvalue weighted by atomic mass is 10.1. The van der Waals surface area contributed by atoms with Crippen molar-refractivity contribution in [3.05, 3.63) is 65.7 Å². The van der Waals surface area contributed by atoms with Gasteiger partial charge in [-0.2, -0.15) is 0 Å². The van der Waals surface area contributed by atoms with Gasteiger partial charge in [-0.25, -0.2) is 4.79 Å². The highest BCUT2D eigenvalue weighted by atomic mass is 16.2. The van der Waals surface area contributed by atoms with Crippen LogP contribution in [0.5, 0.6) is 0 Å². The fourth-order valence-corrected chi connectivity index (χ4v) is 3.14. The Morgan fingerprint density at radius 3 is 2.46 bits per heavy atom. The highest BCUT2D eigenvalue weighted by Crippen LogP contribution is 2.30. The van der Waals surface area contributed by atoms with Crippen LogP contribution in [0.15, 0.2) is 54.6 Å². The first kappa shape index (κ1) is 18.0. The Morgan fingerprint density at radius 1 is 1.04 bits per heavy atom. The first-order chi connectivity index (χ1) is 12.6. The number of hydrogen-bond acceptors (Lipinski definition) is 2. The summed E-state index contributed by atoms with van der Waals surface area (Å²) in [5.41, 5.74) is 2.88. The van der Waals surface area contributed by atoms with Gasteiger partial charge in [0.15, 0.2) is 0 Å². The second-order valence-corrected chi connectivity index (χ2v) is 6.96. The minimum Gasteiger partial charge on any atom is -0.338 e. The topological polar surface area (TPSA) is 61.4 Å². The van der Waals surface area contributed by atoms with Crippen molar-refractivity contribution in [1.82, 2.24) is 10.6 Å². The summed E-state index contributed by atoms with van der Waals surface area (Å²) in [5, 5.41) is 5.68. The third kappa shape index (κ3) is 4.04. The predicted octanol–water partition coefficient (Wildman–Crippen LogP) is 3.27. The fourth-order valence-electron chi connectivity index (χ4n) is 3.14. The van der Waals surface area contributed by atoms with E-state index in [9.17, 15) is 9.59 Å². The van der Waals surface area contributed by atoms with Gasteiger partial charge >= 0.3 is 6.03 Å². The summed E-state index contributed by atoms with van der Waals surface area (Å²) in [7, 11) is 0. The number of carbonyl (C=O) groups excluding carboxylic acids is 2. The van der Waals surface area contributed by atoms with Gasteiger partial charge in [0, 0.05) is 18.8 Å². The van der Waals surface area contributed by atoms with E-state index in [0.29, 0.717) is 19.0 Å². The summed E-state index contributed by atoms with van der Waals surface area (Å²) in [6, 6.07) is 16.3. The van der Waals surface area contributed by atoms with Crippen LogP contribution in [-0.2, 0) is 11.2 Å². The first-order valence-corrected chi connectivity index (χ1v) is 9.05. The number of nitrogens with zero attached hydrogens (tertiary/aromatic N) is 1. The molecule has 3 amide bonds. The molecule has 2 aromatic carbocycles. The fraction of sp³-hybridized carbons (Fsp3) is 0.333. The van der Waals surface area contributed by atoms with Crippen molar-refractivity contribution in [3.8, 4) is 0 Å². The highest BCUT2D eigenvalue weighted by Gasteiger charge is 2.32.